The Kier molecular flexibility index (Phi) is 3.26. The van der Waals surface area contributed by atoms with Crippen molar-refractivity contribution in [2.24, 2.45) is 16.0 Å². The largest absolute Gasteiger partial charge is 0.493 e. The minimum Gasteiger partial charge on any atom is -0.493 e. The first-order valence-electron chi connectivity index (χ1n) is 5.18. The zero-order valence-corrected chi connectivity index (χ0v) is 10.5. The monoisotopic (exact) mass is 264 g/mol. The number of fused-ring (bicyclic) bond motifs is 1. The molecule has 0 aliphatic rings. The van der Waals surface area contributed by atoms with Crippen molar-refractivity contribution in [1.29, 1.82) is 0 Å². The van der Waals surface area contributed by atoms with E-state index in [9.17, 15) is 10.2 Å². The van der Waals surface area contributed by atoms with Crippen LogP contribution in [0.3, 0.4) is 0 Å². The highest BCUT2D eigenvalue weighted by Crippen LogP contribution is 2.38. The summed E-state index contributed by atoms with van der Waals surface area (Å²) in [6, 6.07) is 5.51. The summed E-state index contributed by atoms with van der Waals surface area (Å²) in [6.07, 6.45) is 0. The second kappa shape index (κ2) is 4.71. The molecule has 0 aliphatic heterocycles. The molecule has 0 amide bonds. The van der Waals surface area contributed by atoms with Gasteiger partial charge in [-0.1, -0.05) is 11.6 Å². The van der Waals surface area contributed by atoms with E-state index in [0.717, 1.165) is 5.56 Å². The van der Waals surface area contributed by atoms with E-state index in [2.05, 4.69) is 22.4 Å². The van der Waals surface area contributed by atoms with Gasteiger partial charge in [0.2, 0.25) is 11.0 Å². The van der Waals surface area contributed by atoms with Crippen LogP contribution in [0.5, 0.6) is 5.88 Å². The van der Waals surface area contributed by atoms with Gasteiger partial charge in [-0.15, -0.1) is 10.2 Å². The molecule has 0 aliphatic carbocycles. The minimum atomic E-state index is -0.353. The normalized spacial score (nSPS) is 11.4. The summed E-state index contributed by atoms with van der Waals surface area (Å²) in [6.45, 7) is 1.56. The smallest absolute Gasteiger partial charge is 0.222 e. The fourth-order valence-corrected chi connectivity index (χ4v) is 1.82. The number of benzene rings is 1. The van der Waals surface area contributed by atoms with Crippen molar-refractivity contribution >= 4 is 33.9 Å². The maximum absolute atomic E-state index is 9.98. The quantitative estimate of drug-likeness (QED) is 0.570. The Balaban J connectivity index is 2.74. The summed E-state index contributed by atoms with van der Waals surface area (Å²) in [4.78, 5) is 0. The number of rotatable bonds is 2. The van der Waals surface area contributed by atoms with Crippen molar-refractivity contribution in [1.82, 2.24) is 4.57 Å². The van der Waals surface area contributed by atoms with Gasteiger partial charge in [0.15, 0.2) is 5.69 Å². The van der Waals surface area contributed by atoms with Crippen molar-refractivity contribution < 1.29 is 10.2 Å². The molecule has 2 rings (SSSR count). The third kappa shape index (κ3) is 2.05. The number of nitrogens with zero attached hydrogens (tertiary/aromatic N) is 3. The first-order valence-corrected chi connectivity index (χ1v) is 5.59. The van der Waals surface area contributed by atoms with E-state index in [-0.39, 0.29) is 23.4 Å². The molecule has 0 unspecified atom stereocenters. The molecule has 1 aromatic carbocycles. The van der Waals surface area contributed by atoms with Gasteiger partial charge in [0.25, 0.3) is 0 Å². The van der Waals surface area contributed by atoms with Crippen LogP contribution in [-0.4, -0.2) is 19.9 Å². The standard InChI is InChI=1S/C11H12N4O2S/c1-6-2-3-8-7(4-6)9(13-14-11(12)18)10(17)15(8)5-16/h2-4,16-17H,5H2,1H3,(H2,12,18). The van der Waals surface area contributed by atoms with E-state index in [1.165, 1.54) is 4.57 Å². The number of aryl methyl sites for hydroxylation is 1. The zero-order chi connectivity index (χ0) is 13.3. The van der Waals surface area contributed by atoms with Crippen LogP contribution in [0.15, 0.2) is 28.4 Å². The second-order valence-corrected chi connectivity index (χ2v) is 4.22. The summed E-state index contributed by atoms with van der Waals surface area (Å²) in [7, 11) is 0. The lowest BCUT2D eigenvalue weighted by Crippen LogP contribution is -2.01. The van der Waals surface area contributed by atoms with E-state index >= 15 is 0 Å². The molecule has 0 saturated carbocycles. The van der Waals surface area contributed by atoms with E-state index < -0.39 is 0 Å². The lowest BCUT2D eigenvalue weighted by Gasteiger charge is -2.00. The molecule has 0 fully saturated rings. The molecule has 1 aromatic heterocycles. The average molecular weight is 264 g/mol. The number of aliphatic hydroxyl groups is 1. The number of hydrogen-bond donors (Lipinski definition) is 3. The van der Waals surface area contributed by atoms with Gasteiger partial charge in [0.05, 0.1) is 5.52 Å². The second-order valence-electron chi connectivity index (χ2n) is 3.80. The number of thiocarbonyl (C=S) groups is 1. The topological polar surface area (TPSA) is 96.1 Å². The zero-order valence-electron chi connectivity index (χ0n) is 9.66. The van der Waals surface area contributed by atoms with E-state index in [0.29, 0.717) is 10.9 Å². The number of hydrogen-bond acceptors (Lipinski definition) is 4. The summed E-state index contributed by atoms with van der Waals surface area (Å²) in [5.74, 6) is -0.168. The molecule has 0 spiro atoms. The van der Waals surface area contributed by atoms with Crippen LogP contribution in [0.25, 0.3) is 10.9 Å². The molecule has 1 heterocycles. The maximum Gasteiger partial charge on any atom is 0.222 e. The molecular weight excluding hydrogens is 252 g/mol. The first-order chi connectivity index (χ1) is 8.54. The van der Waals surface area contributed by atoms with E-state index in [4.69, 9.17) is 5.73 Å². The van der Waals surface area contributed by atoms with E-state index in [1.807, 2.05) is 19.1 Å². The first kappa shape index (κ1) is 12.5. The Morgan fingerprint density at radius 3 is 2.83 bits per heavy atom. The molecule has 0 saturated heterocycles. The third-order valence-corrected chi connectivity index (χ3v) is 2.64. The molecule has 0 bridgehead atoms. The van der Waals surface area contributed by atoms with Gasteiger partial charge >= 0.3 is 0 Å². The van der Waals surface area contributed by atoms with Crippen LogP contribution in [0.1, 0.15) is 5.56 Å². The van der Waals surface area contributed by atoms with Crippen molar-refractivity contribution in [3.63, 3.8) is 0 Å². The van der Waals surface area contributed by atoms with Crippen LogP contribution in [0, 0.1) is 6.92 Å². The van der Waals surface area contributed by atoms with Gasteiger partial charge in [-0.3, -0.25) is 4.57 Å². The van der Waals surface area contributed by atoms with Crippen molar-refractivity contribution in [2.75, 3.05) is 0 Å². The number of aromatic hydroxyl groups is 1. The van der Waals surface area contributed by atoms with Gasteiger partial charge in [-0.05, 0) is 31.3 Å². The fraction of sp³-hybridized carbons (Fsp3) is 0.182. The molecule has 6 nitrogen and oxygen atoms in total. The molecule has 4 N–H and O–H groups in total. The van der Waals surface area contributed by atoms with Crippen molar-refractivity contribution in [2.45, 2.75) is 13.7 Å². The van der Waals surface area contributed by atoms with Crippen LogP contribution in [-0.2, 0) is 6.73 Å². The van der Waals surface area contributed by atoms with Crippen LogP contribution >= 0.6 is 12.2 Å². The van der Waals surface area contributed by atoms with Gasteiger partial charge in [0.1, 0.15) is 6.73 Å². The molecule has 2 aromatic rings. The molecular formula is C11H12N4O2S. The number of aliphatic hydroxyl groups excluding tert-OH is 1. The lowest BCUT2D eigenvalue weighted by atomic mass is 10.1. The Morgan fingerprint density at radius 2 is 2.22 bits per heavy atom. The summed E-state index contributed by atoms with van der Waals surface area (Å²) >= 11 is 4.60. The van der Waals surface area contributed by atoms with Crippen LogP contribution in [0.4, 0.5) is 5.69 Å². The number of aromatic nitrogens is 1. The van der Waals surface area contributed by atoms with Crippen LogP contribution < -0.4 is 5.73 Å². The SMILES string of the molecule is Cc1ccc2c(c1)c(N=NC(N)=S)c(O)n2CO. The summed E-state index contributed by atoms with van der Waals surface area (Å²) in [5.41, 5.74) is 7.15. The van der Waals surface area contributed by atoms with Gasteiger partial charge < -0.3 is 15.9 Å². The third-order valence-electron chi connectivity index (χ3n) is 2.56. The van der Waals surface area contributed by atoms with Gasteiger partial charge in [-0.2, -0.15) is 0 Å². The average Bonchev–Trinajstić information content (AvgIpc) is 2.57. The van der Waals surface area contributed by atoms with Crippen LogP contribution in [0.2, 0.25) is 0 Å². The van der Waals surface area contributed by atoms with Gasteiger partial charge in [0, 0.05) is 5.39 Å². The Labute approximate surface area is 108 Å². The summed E-state index contributed by atoms with van der Waals surface area (Å²) < 4.78 is 1.32. The number of nitrogens with two attached hydrogens (primary N) is 1. The number of azo groups is 1. The molecule has 0 atom stereocenters. The predicted molar refractivity (Wildman–Crippen MR) is 71.9 cm³/mol. The fourth-order valence-electron chi connectivity index (χ4n) is 1.78. The Bertz CT molecular complexity index is 648. The molecule has 94 valence electrons. The highest BCUT2D eigenvalue weighted by molar-refractivity contribution is 7.80. The maximum atomic E-state index is 9.98. The van der Waals surface area contributed by atoms with Crippen molar-refractivity contribution in [3.05, 3.63) is 23.8 Å². The molecule has 18 heavy (non-hydrogen) atoms. The lowest BCUT2D eigenvalue weighted by molar-refractivity contribution is 0.202. The Hall–Kier alpha value is -1.99. The molecule has 7 heteroatoms. The van der Waals surface area contributed by atoms with Gasteiger partial charge in [-0.25, -0.2) is 0 Å². The highest BCUT2D eigenvalue weighted by atomic mass is 32.1. The molecule has 0 radical (unpaired) electrons. The Morgan fingerprint density at radius 1 is 1.50 bits per heavy atom. The van der Waals surface area contributed by atoms with E-state index in [1.54, 1.807) is 6.07 Å². The minimum absolute atomic E-state index is 0.119. The van der Waals surface area contributed by atoms with Crippen molar-refractivity contribution in [3.8, 4) is 5.88 Å². The predicted octanol–water partition coefficient (Wildman–Crippen LogP) is 1.93. The highest BCUT2D eigenvalue weighted by Gasteiger charge is 2.16. The summed E-state index contributed by atoms with van der Waals surface area (Å²) in [5, 5.41) is 27.2.